The van der Waals surface area contributed by atoms with Crippen LogP contribution < -0.4 is 10.2 Å². The number of anilines is 1. The summed E-state index contributed by atoms with van der Waals surface area (Å²) in [5.41, 5.74) is 2.32. The maximum atomic E-state index is 13.0. The molecule has 0 radical (unpaired) electrons. The number of hydrogen-bond donors (Lipinski definition) is 1. The molecule has 1 saturated heterocycles. The van der Waals surface area contributed by atoms with Crippen molar-refractivity contribution in [3.05, 3.63) is 47.1 Å². The molecule has 0 spiro atoms. The lowest BCUT2D eigenvalue weighted by Crippen LogP contribution is -2.48. The van der Waals surface area contributed by atoms with E-state index in [0.717, 1.165) is 38.4 Å². The molecule has 0 aliphatic carbocycles. The highest BCUT2D eigenvalue weighted by molar-refractivity contribution is 5.96. The molecule has 6 nitrogen and oxygen atoms in total. The summed E-state index contributed by atoms with van der Waals surface area (Å²) in [7, 11) is 0. The van der Waals surface area contributed by atoms with E-state index in [1.165, 1.54) is 12.1 Å². The summed E-state index contributed by atoms with van der Waals surface area (Å²) in [6.45, 7) is 8.72. The van der Waals surface area contributed by atoms with Gasteiger partial charge in [-0.3, -0.25) is 9.69 Å². The molecular formula is C19H25FN4O2. The summed E-state index contributed by atoms with van der Waals surface area (Å²) in [5.74, 6) is 0.232. The number of nitrogens with one attached hydrogen (secondary N) is 1. The molecular weight excluding hydrogens is 335 g/mol. The number of hydrogen-bond acceptors (Lipinski definition) is 5. The van der Waals surface area contributed by atoms with E-state index in [4.69, 9.17) is 4.52 Å². The van der Waals surface area contributed by atoms with E-state index in [-0.39, 0.29) is 11.7 Å². The van der Waals surface area contributed by atoms with Crippen molar-refractivity contribution in [2.75, 3.05) is 44.2 Å². The number of carbonyl (C=O) groups excluding carboxylic acids is 1. The molecule has 3 rings (SSSR count). The molecule has 7 heteroatoms. The average Bonchev–Trinajstić information content (AvgIpc) is 3.03. The van der Waals surface area contributed by atoms with E-state index >= 15 is 0 Å². The van der Waals surface area contributed by atoms with Crippen molar-refractivity contribution >= 4 is 11.6 Å². The average molecular weight is 360 g/mol. The lowest BCUT2D eigenvalue weighted by atomic mass is 10.1. The molecule has 0 bridgehead atoms. The Balaban J connectivity index is 1.43. The van der Waals surface area contributed by atoms with Gasteiger partial charge in [-0.2, -0.15) is 0 Å². The Morgan fingerprint density at radius 1 is 1.23 bits per heavy atom. The molecule has 1 aliphatic rings. The highest BCUT2D eigenvalue weighted by atomic mass is 19.1. The number of halogens is 1. The second-order valence-corrected chi connectivity index (χ2v) is 6.48. The molecule has 2 heterocycles. The first-order valence-electron chi connectivity index (χ1n) is 9.04. The standard InChI is InChI=1S/C19H25FN4O2/c1-3-17-18(14(2)26-22-17)19(25)21-8-9-23-10-12-24(13-11-23)16-6-4-15(20)5-7-16/h4-7H,3,8-13H2,1-2H3,(H,21,25). The summed E-state index contributed by atoms with van der Waals surface area (Å²) in [4.78, 5) is 16.9. The van der Waals surface area contributed by atoms with Crippen LogP contribution in [0.25, 0.3) is 0 Å². The second kappa shape index (κ2) is 8.31. The fourth-order valence-electron chi connectivity index (χ4n) is 3.25. The Bertz CT molecular complexity index is 736. The van der Waals surface area contributed by atoms with Gasteiger partial charge in [-0.15, -0.1) is 0 Å². The third-order valence-electron chi connectivity index (χ3n) is 4.77. The summed E-state index contributed by atoms with van der Waals surface area (Å²) in [5, 5.41) is 6.88. The van der Waals surface area contributed by atoms with Gasteiger partial charge in [0.1, 0.15) is 17.1 Å². The van der Waals surface area contributed by atoms with Gasteiger partial charge in [0.25, 0.3) is 5.91 Å². The van der Waals surface area contributed by atoms with Crippen LogP contribution >= 0.6 is 0 Å². The van der Waals surface area contributed by atoms with Gasteiger partial charge >= 0.3 is 0 Å². The molecule has 2 aromatic rings. The van der Waals surface area contributed by atoms with Crippen molar-refractivity contribution in [3.63, 3.8) is 0 Å². The Morgan fingerprint density at radius 3 is 2.58 bits per heavy atom. The predicted octanol–water partition coefficient (Wildman–Crippen LogP) is 2.24. The zero-order chi connectivity index (χ0) is 18.5. The highest BCUT2D eigenvalue weighted by Gasteiger charge is 2.20. The van der Waals surface area contributed by atoms with Crippen LogP contribution in [0.2, 0.25) is 0 Å². The Hall–Kier alpha value is -2.41. The minimum atomic E-state index is -0.211. The second-order valence-electron chi connectivity index (χ2n) is 6.48. The van der Waals surface area contributed by atoms with Crippen molar-refractivity contribution in [2.45, 2.75) is 20.3 Å². The highest BCUT2D eigenvalue weighted by Crippen LogP contribution is 2.17. The lowest BCUT2D eigenvalue weighted by molar-refractivity contribution is 0.0945. The van der Waals surface area contributed by atoms with Crippen molar-refractivity contribution in [3.8, 4) is 0 Å². The molecule has 0 atom stereocenters. The van der Waals surface area contributed by atoms with Crippen molar-refractivity contribution in [1.29, 1.82) is 0 Å². The van der Waals surface area contributed by atoms with Crippen molar-refractivity contribution in [2.24, 2.45) is 0 Å². The Labute approximate surface area is 152 Å². The molecule has 1 fully saturated rings. The lowest BCUT2D eigenvalue weighted by Gasteiger charge is -2.36. The molecule has 1 aromatic carbocycles. The van der Waals surface area contributed by atoms with Crippen LogP contribution in [0.3, 0.4) is 0 Å². The normalized spacial score (nSPS) is 15.3. The van der Waals surface area contributed by atoms with Crippen LogP contribution in [0, 0.1) is 12.7 Å². The minimum absolute atomic E-state index is 0.120. The van der Waals surface area contributed by atoms with Gasteiger partial charge in [-0.05, 0) is 37.6 Å². The molecule has 140 valence electrons. The number of aryl methyl sites for hydroxylation is 2. The number of rotatable bonds is 6. The van der Waals surface area contributed by atoms with E-state index in [2.05, 4.69) is 20.3 Å². The van der Waals surface area contributed by atoms with E-state index in [0.29, 0.717) is 30.0 Å². The van der Waals surface area contributed by atoms with Crippen LogP contribution in [0.4, 0.5) is 10.1 Å². The zero-order valence-corrected chi connectivity index (χ0v) is 15.3. The monoisotopic (exact) mass is 360 g/mol. The fourth-order valence-corrected chi connectivity index (χ4v) is 3.25. The first-order valence-corrected chi connectivity index (χ1v) is 9.04. The molecule has 1 amide bonds. The third kappa shape index (κ3) is 4.22. The van der Waals surface area contributed by atoms with Crippen LogP contribution in [0.5, 0.6) is 0 Å². The van der Waals surface area contributed by atoms with Crippen LogP contribution in [-0.4, -0.2) is 55.2 Å². The smallest absolute Gasteiger partial charge is 0.256 e. The maximum Gasteiger partial charge on any atom is 0.256 e. The minimum Gasteiger partial charge on any atom is -0.369 e. The van der Waals surface area contributed by atoms with Gasteiger partial charge in [0.15, 0.2) is 0 Å². The van der Waals surface area contributed by atoms with Crippen LogP contribution in [0.15, 0.2) is 28.8 Å². The summed E-state index contributed by atoms with van der Waals surface area (Å²) in [6.07, 6.45) is 0.672. The molecule has 0 saturated carbocycles. The fraction of sp³-hybridized carbons (Fsp3) is 0.474. The van der Waals surface area contributed by atoms with Crippen molar-refractivity contribution in [1.82, 2.24) is 15.4 Å². The first kappa shape index (κ1) is 18.4. The quantitative estimate of drug-likeness (QED) is 0.856. The Kier molecular flexibility index (Phi) is 5.88. The SMILES string of the molecule is CCc1noc(C)c1C(=O)NCCN1CCN(c2ccc(F)cc2)CC1. The molecule has 26 heavy (non-hydrogen) atoms. The number of carbonyl (C=O) groups is 1. The van der Waals surface area contributed by atoms with E-state index in [1.54, 1.807) is 6.92 Å². The first-order chi connectivity index (χ1) is 12.6. The zero-order valence-electron chi connectivity index (χ0n) is 15.3. The number of benzene rings is 1. The van der Waals surface area contributed by atoms with Gasteiger partial charge in [0.05, 0.1) is 5.69 Å². The summed E-state index contributed by atoms with van der Waals surface area (Å²) < 4.78 is 18.1. The molecule has 1 aromatic heterocycles. The van der Waals surface area contributed by atoms with Gasteiger partial charge in [-0.25, -0.2) is 4.39 Å². The number of amides is 1. The topological polar surface area (TPSA) is 61.6 Å². The predicted molar refractivity (Wildman–Crippen MR) is 98.0 cm³/mol. The van der Waals surface area contributed by atoms with Crippen molar-refractivity contribution < 1.29 is 13.7 Å². The number of nitrogens with zero attached hydrogens (tertiary/aromatic N) is 3. The van der Waals surface area contributed by atoms with Gasteiger partial charge in [-0.1, -0.05) is 12.1 Å². The summed E-state index contributed by atoms with van der Waals surface area (Å²) >= 11 is 0. The largest absolute Gasteiger partial charge is 0.369 e. The molecule has 0 unspecified atom stereocenters. The molecule has 1 N–H and O–H groups in total. The van der Waals surface area contributed by atoms with Gasteiger partial charge in [0, 0.05) is 45.0 Å². The van der Waals surface area contributed by atoms with Crippen LogP contribution in [0.1, 0.15) is 28.7 Å². The summed E-state index contributed by atoms with van der Waals surface area (Å²) in [6, 6.07) is 6.62. The van der Waals surface area contributed by atoms with E-state index in [9.17, 15) is 9.18 Å². The van der Waals surface area contributed by atoms with Gasteiger partial charge in [0.2, 0.25) is 0 Å². The van der Waals surface area contributed by atoms with E-state index in [1.807, 2.05) is 19.1 Å². The van der Waals surface area contributed by atoms with Crippen LogP contribution in [-0.2, 0) is 6.42 Å². The van der Waals surface area contributed by atoms with Gasteiger partial charge < -0.3 is 14.7 Å². The number of piperazine rings is 1. The third-order valence-corrected chi connectivity index (χ3v) is 4.77. The molecule has 1 aliphatic heterocycles. The maximum absolute atomic E-state index is 13.0. The van der Waals surface area contributed by atoms with E-state index < -0.39 is 0 Å². The Morgan fingerprint density at radius 2 is 1.92 bits per heavy atom. The number of aromatic nitrogens is 1.